The summed E-state index contributed by atoms with van der Waals surface area (Å²) < 4.78 is 0. The van der Waals surface area contributed by atoms with Crippen molar-refractivity contribution in [3.63, 3.8) is 0 Å². The van der Waals surface area contributed by atoms with Crippen molar-refractivity contribution in [1.29, 1.82) is 0 Å². The average Bonchev–Trinajstić information content (AvgIpc) is 2.15. The predicted molar refractivity (Wildman–Crippen MR) is 57.2 cm³/mol. The Kier molecular flexibility index (Phi) is 3.91. The first-order chi connectivity index (χ1) is 6.20. The molecule has 1 aliphatic rings. The third kappa shape index (κ3) is 3.56. The fourth-order valence-electron chi connectivity index (χ4n) is 1.30. The summed E-state index contributed by atoms with van der Waals surface area (Å²) in [6.45, 7) is 0.994. The molecule has 6 heteroatoms. The Bertz CT molecular complexity index is 209. The maximum atomic E-state index is 5.71. The van der Waals surface area contributed by atoms with E-state index in [-0.39, 0.29) is 11.2 Å². The van der Waals surface area contributed by atoms with Crippen molar-refractivity contribution < 1.29 is 0 Å². The molecule has 0 saturated carbocycles. The van der Waals surface area contributed by atoms with Gasteiger partial charge in [-0.1, -0.05) is 6.42 Å². The summed E-state index contributed by atoms with van der Waals surface area (Å²) >= 11 is 4.60. The number of amidine groups is 1. The average molecular weight is 201 g/mol. The van der Waals surface area contributed by atoms with Gasteiger partial charge in [0.1, 0.15) is 5.84 Å². The van der Waals surface area contributed by atoms with E-state index in [9.17, 15) is 0 Å². The van der Waals surface area contributed by atoms with Gasteiger partial charge in [-0.3, -0.25) is 5.43 Å². The molecule has 74 valence electrons. The molecule has 1 atom stereocenters. The highest BCUT2D eigenvalue weighted by molar-refractivity contribution is 7.80. The molecule has 1 unspecified atom stereocenters. The van der Waals surface area contributed by atoms with Crippen LogP contribution in [0.25, 0.3) is 0 Å². The zero-order valence-electron chi connectivity index (χ0n) is 7.42. The van der Waals surface area contributed by atoms with Crippen LogP contribution < -0.4 is 22.2 Å². The predicted octanol–water partition coefficient (Wildman–Crippen LogP) is -0.766. The van der Waals surface area contributed by atoms with E-state index >= 15 is 0 Å². The minimum Gasteiger partial charge on any atom is -0.384 e. The first-order valence-corrected chi connectivity index (χ1v) is 4.73. The first-order valence-electron chi connectivity index (χ1n) is 4.32. The van der Waals surface area contributed by atoms with Crippen molar-refractivity contribution in [2.75, 3.05) is 6.54 Å². The normalized spacial score (nSPS) is 24.0. The Morgan fingerprint density at radius 1 is 1.46 bits per heavy atom. The van der Waals surface area contributed by atoms with E-state index in [0.29, 0.717) is 5.84 Å². The van der Waals surface area contributed by atoms with Crippen LogP contribution in [0.2, 0.25) is 0 Å². The molecule has 5 nitrogen and oxygen atoms in total. The highest BCUT2D eigenvalue weighted by Gasteiger charge is 2.15. The molecule has 13 heavy (non-hydrogen) atoms. The molecule has 0 amide bonds. The van der Waals surface area contributed by atoms with Crippen LogP contribution in [-0.4, -0.2) is 23.5 Å². The summed E-state index contributed by atoms with van der Waals surface area (Å²) in [5.41, 5.74) is 13.4. The van der Waals surface area contributed by atoms with Gasteiger partial charge in [-0.15, -0.1) is 0 Å². The molecule has 0 aromatic heterocycles. The number of hydrogen-bond donors (Lipinski definition) is 4. The summed E-state index contributed by atoms with van der Waals surface area (Å²) in [6.07, 6.45) is 3.40. The summed E-state index contributed by atoms with van der Waals surface area (Å²) in [4.78, 5) is 0. The van der Waals surface area contributed by atoms with E-state index in [4.69, 9.17) is 11.5 Å². The highest BCUT2D eigenvalue weighted by atomic mass is 32.1. The quantitative estimate of drug-likeness (QED) is 0.204. The molecule has 1 aliphatic heterocycles. The maximum absolute atomic E-state index is 5.71. The van der Waals surface area contributed by atoms with Crippen LogP contribution in [0, 0.1) is 0 Å². The zero-order chi connectivity index (χ0) is 9.68. The van der Waals surface area contributed by atoms with E-state index in [1.165, 1.54) is 12.8 Å². The second-order valence-electron chi connectivity index (χ2n) is 3.02. The Morgan fingerprint density at radius 3 is 2.77 bits per heavy atom. The van der Waals surface area contributed by atoms with E-state index in [1.54, 1.807) is 0 Å². The van der Waals surface area contributed by atoms with E-state index in [2.05, 4.69) is 28.1 Å². The standard InChI is InChI=1S/C7H15N5S/c8-6(11-12-7(9)13)5-3-1-2-4-10-5/h5,10H,1-4H2,(H2,8,11)(H3,9,12,13). The van der Waals surface area contributed by atoms with Crippen LogP contribution in [0.1, 0.15) is 19.3 Å². The minimum absolute atomic E-state index is 0.138. The van der Waals surface area contributed by atoms with Gasteiger partial charge < -0.3 is 16.8 Å². The molecule has 1 saturated heterocycles. The Labute approximate surface area is 82.9 Å². The molecule has 0 radical (unpaired) electrons. The molecule has 0 aromatic rings. The van der Waals surface area contributed by atoms with Gasteiger partial charge in [0, 0.05) is 0 Å². The van der Waals surface area contributed by atoms with Crippen LogP contribution in [0.3, 0.4) is 0 Å². The van der Waals surface area contributed by atoms with E-state index in [0.717, 1.165) is 13.0 Å². The van der Waals surface area contributed by atoms with Crippen molar-refractivity contribution in [3.8, 4) is 0 Å². The van der Waals surface area contributed by atoms with Gasteiger partial charge in [-0.2, -0.15) is 5.10 Å². The van der Waals surface area contributed by atoms with Gasteiger partial charge in [0.2, 0.25) is 0 Å². The fourth-order valence-corrected chi connectivity index (χ4v) is 1.35. The lowest BCUT2D eigenvalue weighted by Gasteiger charge is -2.22. The Hall–Kier alpha value is -0.880. The number of nitrogens with zero attached hydrogens (tertiary/aromatic N) is 1. The Morgan fingerprint density at radius 2 is 2.23 bits per heavy atom. The van der Waals surface area contributed by atoms with Gasteiger partial charge in [0.15, 0.2) is 5.11 Å². The molecule has 0 bridgehead atoms. The lowest BCUT2D eigenvalue weighted by molar-refractivity contribution is 0.468. The van der Waals surface area contributed by atoms with Crippen molar-refractivity contribution in [2.24, 2.45) is 16.6 Å². The zero-order valence-corrected chi connectivity index (χ0v) is 8.23. The molecule has 0 spiro atoms. The van der Waals surface area contributed by atoms with E-state index in [1.807, 2.05) is 0 Å². The highest BCUT2D eigenvalue weighted by Crippen LogP contribution is 2.06. The number of nitrogens with two attached hydrogens (primary N) is 2. The van der Waals surface area contributed by atoms with Crippen molar-refractivity contribution >= 4 is 23.2 Å². The third-order valence-corrected chi connectivity index (χ3v) is 2.05. The molecule has 0 aromatic carbocycles. The SMILES string of the molecule is NC(=S)NN=C(N)C1CCCCN1. The number of rotatable bonds is 2. The lowest BCUT2D eigenvalue weighted by atomic mass is 10.0. The third-order valence-electron chi connectivity index (χ3n) is 1.96. The second kappa shape index (κ2) is 4.98. The van der Waals surface area contributed by atoms with Gasteiger partial charge in [0.25, 0.3) is 0 Å². The summed E-state index contributed by atoms with van der Waals surface area (Å²) in [5.74, 6) is 0.521. The van der Waals surface area contributed by atoms with Gasteiger partial charge in [-0.25, -0.2) is 0 Å². The van der Waals surface area contributed by atoms with E-state index < -0.39 is 0 Å². The summed E-state index contributed by atoms with van der Waals surface area (Å²) in [7, 11) is 0. The van der Waals surface area contributed by atoms with Gasteiger partial charge in [-0.05, 0) is 31.6 Å². The van der Waals surface area contributed by atoms with Crippen LogP contribution in [0.5, 0.6) is 0 Å². The van der Waals surface area contributed by atoms with Gasteiger partial charge >= 0.3 is 0 Å². The minimum atomic E-state index is 0.138. The maximum Gasteiger partial charge on any atom is 0.184 e. The summed E-state index contributed by atoms with van der Waals surface area (Å²) in [5, 5.41) is 7.26. The van der Waals surface area contributed by atoms with Crippen LogP contribution in [0.15, 0.2) is 5.10 Å². The first kappa shape index (κ1) is 10.2. The Balaban J connectivity index is 2.39. The number of thiocarbonyl (C=S) groups is 1. The largest absolute Gasteiger partial charge is 0.384 e. The molecular formula is C7H15N5S. The monoisotopic (exact) mass is 201 g/mol. The smallest absolute Gasteiger partial charge is 0.184 e. The number of piperidine rings is 1. The summed E-state index contributed by atoms with van der Waals surface area (Å²) in [6, 6.07) is 0.163. The van der Waals surface area contributed by atoms with Crippen LogP contribution >= 0.6 is 12.2 Å². The van der Waals surface area contributed by atoms with Crippen molar-refractivity contribution in [3.05, 3.63) is 0 Å². The lowest BCUT2D eigenvalue weighted by Crippen LogP contribution is -2.45. The van der Waals surface area contributed by atoms with Crippen molar-refractivity contribution in [2.45, 2.75) is 25.3 Å². The molecular weight excluding hydrogens is 186 g/mol. The second-order valence-corrected chi connectivity index (χ2v) is 3.46. The molecule has 1 fully saturated rings. The molecule has 1 rings (SSSR count). The van der Waals surface area contributed by atoms with Gasteiger partial charge in [0.05, 0.1) is 6.04 Å². The molecule has 1 heterocycles. The molecule has 0 aliphatic carbocycles. The van der Waals surface area contributed by atoms with Crippen molar-refractivity contribution in [1.82, 2.24) is 10.7 Å². The fraction of sp³-hybridized carbons (Fsp3) is 0.714. The number of hydrazone groups is 1. The van der Waals surface area contributed by atoms with Crippen LogP contribution in [0.4, 0.5) is 0 Å². The molecule has 6 N–H and O–H groups in total. The topological polar surface area (TPSA) is 88.5 Å². The number of nitrogens with one attached hydrogen (secondary N) is 2. The van der Waals surface area contributed by atoms with Crippen LogP contribution in [-0.2, 0) is 0 Å². The number of hydrogen-bond acceptors (Lipinski definition) is 3.